The molecule has 0 fully saturated rings. The number of hydrogen-bond donors (Lipinski definition) is 1. The summed E-state index contributed by atoms with van der Waals surface area (Å²) in [6.07, 6.45) is 0. The van der Waals surface area contributed by atoms with Crippen LogP contribution in [0.15, 0.2) is 62.5 Å². The van der Waals surface area contributed by atoms with Crippen molar-refractivity contribution in [2.24, 2.45) is 0 Å². The third-order valence-corrected chi connectivity index (χ3v) is 6.10. The van der Waals surface area contributed by atoms with Crippen molar-refractivity contribution in [1.82, 2.24) is 0 Å². The van der Waals surface area contributed by atoms with E-state index in [1.54, 1.807) is 48.5 Å². The number of rotatable bonds is 1. The normalized spacial score (nSPS) is 11.2. The number of amides is 1. The number of benzene rings is 2. The number of anilines is 1. The lowest BCUT2D eigenvalue weighted by Crippen LogP contribution is -2.14. The first kappa shape index (κ1) is 18.0. The molecule has 5 rings (SSSR count). The van der Waals surface area contributed by atoms with Crippen molar-refractivity contribution >= 4 is 54.1 Å². The SMILES string of the molecule is CC(=O)Nc1sc2c3c(=O)c4ccccc4c(=O)c=3oc3ccccc3c2c1C#N. The van der Waals surface area contributed by atoms with E-state index in [-0.39, 0.29) is 38.3 Å². The molecule has 0 saturated carbocycles. The molecule has 2 aliphatic rings. The van der Waals surface area contributed by atoms with Crippen molar-refractivity contribution in [3.63, 3.8) is 0 Å². The van der Waals surface area contributed by atoms with Gasteiger partial charge in [0.15, 0.2) is 10.8 Å². The van der Waals surface area contributed by atoms with Crippen molar-refractivity contribution in [2.75, 3.05) is 5.32 Å². The standard InChI is InChI=1S/C23H12N2O4S/c1-11(26)25-23-15(10-24)17-14-8-4-5-9-16(14)29-21-18(22(17)30-23)19(27)12-6-2-3-7-13(12)20(21)28/h2-9H,1H3,(H,25,26). The summed E-state index contributed by atoms with van der Waals surface area (Å²) in [6.45, 7) is 1.35. The second-order valence-corrected chi connectivity index (χ2v) is 7.83. The van der Waals surface area contributed by atoms with Gasteiger partial charge < -0.3 is 9.73 Å². The summed E-state index contributed by atoms with van der Waals surface area (Å²) >= 11 is 1.09. The van der Waals surface area contributed by atoms with Gasteiger partial charge in [0, 0.05) is 28.5 Å². The second kappa shape index (κ2) is 6.51. The van der Waals surface area contributed by atoms with Crippen molar-refractivity contribution < 1.29 is 9.21 Å². The topological polar surface area (TPSA) is 100 Å². The predicted molar refractivity (Wildman–Crippen MR) is 116 cm³/mol. The van der Waals surface area contributed by atoms with Gasteiger partial charge in [0.05, 0.1) is 15.5 Å². The third kappa shape index (κ3) is 2.44. The lowest BCUT2D eigenvalue weighted by atomic mass is 10.1. The maximum atomic E-state index is 13.4. The number of fused-ring (bicyclic) bond motifs is 5. The van der Waals surface area contributed by atoms with Gasteiger partial charge in [-0.25, -0.2) is 0 Å². The zero-order valence-electron chi connectivity index (χ0n) is 15.6. The Morgan fingerprint density at radius 3 is 2.30 bits per heavy atom. The minimum atomic E-state index is -0.393. The summed E-state index contributed by atoms with van der Waals surface area (Å²) in [5.74, 6) is -0.335. The van der Waals surface area contributed by atoms with Gasteiger partial charge in [-0.1, -0.05) is 42.5 Å². The number of thiophene rings is 1. The number of para-hydroxylation sites is 1. The zero-order valence-corrected chi connectivity index (χ0v) is 16.4. The van der Waals surface area contributed by atoms with E-state index in [0.29, 0.717) is 26.1 Å². The summed E-state index contributed by atoms with van der Waals surface area (Å²) in [5, 5.41) is 14.6. The molecule has 2 aromatic carbocycles. The molecule has 0 radical (unpaired) electrons. The third-order valence-electron chi connectivity index (χ3n) is 4.98. The van der Waals surface area contributed by atoms with Crippen LogP contribution in [0.1, 0.15) is 12.5 Å². The molecule has 3 aromatic rings. The van der Waals surface area contributed by atoms with Gasteiger partial charge in [-0.15, -0.1) is 11.3 Å². The maximum Gasteiger partial charge on any atom is 0.229 e. The summed E-state index contributed by atoms with van der Waals surface area (Å²) < 4.78 is 6.41. The first-order chi connectivity index (χ1) is 14.5. The first-order valence-corrected chi connectivity index (χ1v) is 9.87. The number of carbonyl (C=O) groups excluding carboxylic acids is 1. The van der Waals surface area contributed by atoms with E-state index in [1.165, 1.54) is 6.92 Å². The van der Waals surface area contributed by atoms with E-state index in [1.807, 2.05) is 0 Å². The molecular formula is C23H12N2O4S. The van der Waals surface area contributed by atoms with Gasteiger partial charge in [0.2, 0.25) is 11.3 Å². The van der Waals surface area contributed by atoms with Gasteiger partial charge in [-0.2, -0.15) is 5.26 Å². The summed E-state index contributed by atoms with van der Waals surface area (Å²) in [5.41, 5.74) is -0.211. The Balaban J connectivity index is 2.24. The number of nitriles is 1. The molecule has 7 heteroatoms. The number of nitrogens with zero attached hydrogens (tertiary/aromatic N) is 1. The van der Waals surface area contributed by atoms with Crippen LogP contribution in [0, 0.1) is 22.0 Å². The minimum absolute atomic E-state index is 0.0648. The Bertz CT molecular complexity index is 1760. The van der Waals surface area contributed by atoms with Crippen molar-refractivity contribution in [2.45, 2.75) is 6.92 Å². The van der Waals surface area contributed by atoms with Crippen LogP contribution < -0.4 is 16.2 Å². The Morgan fingerprint density at radius 2 is 1.63 bits per heavy atom. The Kier molecular flexibility index (Phi) is 3.91. The number of carbonyl (C=O) groups is 1. The van der Waals surface area contributed by atoms with Crippen LogP contribution in [-0.4, -0.2) is 5.91 Å². The highest BCUT2D eigenvalue weighted by molar-refractivity contribution is 7.23. The largest absolute Gasteiger partial charge is 0.452 e. The summed E-state index contributed by atoms with van der Waals surface area (Å²) in [4.78, 5) is 38.4. The maximum absolute atomic E-state index is 13.4. The fourth-order valence-electron chi connectivity index (χ4n) is 3.75. The van der Waals surface area contributed by atoms with Crippen LogP contribution in [0.3, 0.4) is 0 Å². The summed E-state index contributed by atoms with van der Waals surface area (Å²) in [6, 6.07) is 15.7. The lowest BCUT2D eigenvalue weighted by molar-refractivity contribution is -0.114. The second-order valence-electron chi connectivity index (χ2n) is 6.81. The minimum Gasteiger partial charge on any atom is -0.452 e. The van der Waals surface area contributed by atoms with Gasteiger partial charge >= 0.3 is 0 Å². The molecule has 0 saturated heterocycles. The Labute approximate surface area is 172 Å². The zero-order chi connectivity index (χ0) is 21.0. The molecule has 1 amide bonds. The van der Waals surface area contributed by atoms with E-state index in [4.69, 9.17) is 4.42 Å². The molecule has 30 heavy (non-hydrogen) atoms. The highest BCUT2D eigenvalue weighted by atomic mass is 32.1. The van der Waals surface area contributed by atoms with Gasteiger partial charge in [-0.3, -0.25) is 14.4 Å². The van der Waals surface area contributed by atoms with Crippen LogP contribution in [-0.2, 0) is 4.79 Å². The molecular weight excluding hydrogens is 400 g/mol. The quantitative estimate of drug-likeness (QED) is 0.447. The number of hydrogen-bond acceptors (Lipinski definition) is 6. The molecule has 1 aromatic heterocycles. The van der Waals surface area contributed by atoms with E-state index in [9.17, 15) is 19.6 Å². The van der Waals surface area contributed by atoms with Crippen LogP contribution >= 0.6 is 11.3 Å². The molecule has 0 bridgehead atoms. The molecule has 1 aliphatic carbocycles. The Morgan fingerprint density at radius 1 is 1.00 bits per heavy atom. The highest BCUT2D eigenvalue weighted by Gasteiger charge is 2.20. The average Bonchev–Trinajstić information content (AvgIpc) is 3.01. The average molecular weight is 412 g/mol. The van der Waals surface area contributed by atoms with Crippen LogP contribution in [0.4, 0.5) is 5.00 Å². The Hall–Kier alpha value is -4.02. The fraction of sp³-hybridized carbons (Fsp3) is 0.0435. The smallest absolute Gasteiger partial charge is 0.229 e. The highest BCUT2D eigenvalue weighted by Crippen LogP contribution is 2.39. The molecule has 0 atom stereocenters. The van der Waals surface area contributed by atoms with Crippen molar-refractivity contribution in [3.05, 3.63) is 85.2 Å². The monoisotopic (exact) mass is 412 g/mol. The molecule has 6 nitrogen and oxygen atoms in total. The molecule has 2 heterocycles. The lowest BCUT2D eigenvalue weighted by Gasteiger charge is -1.98. The predicted octanol–water partition coefficient (Wildman–Crippen LogP) is 4.08. The summed E-state index contributed by atoms with van der Waals surface area (Å²) in [7, 11) is 0. The van der Waals surface area contributed by atoms with Gasteiger partial charge in [-0.05, 0) is 6.07 Å². The van der Waals surface area contributed by atoms with E-state index >= 15 is 0 Å². The molecule has 1 N–H and O–H groups in total. The molecule has 0 unspecified atom stereocenters. The van der Waals surface area contributed by atoms with E-state index < -0.39 is 5.43 Å². The van der Waals surface area contributed by atoms with Crippen molar-refractivity contribution in [3.8, 4) is 6.07 Å². The van der Waals surface area contributed by atoms with Crippen molar-refractivity contribution in [1.29, 1.82) is 5.26 Å². The van der Waals surface area contributed by atoms with Gasteiger partial charge in [0.25, 0.3) is 0 Å². The first-order valence-electron chi connectivity index (χ1n) is 9.06. The van der Waals surface area contributed by atoms with E-state index in [2.05, 4.69) is 11.4 Å². The molecule has 144 valence electrons. The van der Waals surface area contributed by atoms with E-state index in [0.717, 1.165) is 11.3 Å². The van der Waals surface area contributed by atoms with Crippen LogP contribution in [0.2, 0.25) is 0 Å². The van der Waals surface area contributed by atoms with Crippen LogP contribution in [0.5, 0.6) is 0 Å². The van der Waals surface area contributed by atoms with Gasteiger partial charge in [0.1, 0.15) is 16.7 Å². The number of nitrogens with one attached hydrogen (secondary N) is 1. The fourth-order valence-corrected chi connectivity index (χ4v) is 5.00. The van der Waals surface area contributed by atoms with Crippen LogP contribution in [0.25, 0.3) is 31.8 Å². The molecule has 0 spiro atoms. The molecule has 1 aliphatic heterocycles.